The zero-order chi connectivity index (χ0) is 27.5. The van der Waals surface area contributed by atoms with E-state index in [1.165, 1.54) is 24.3 Å². The number of carbonyl (C=O) groups is 2. The van der Waals surface area contributed by atoms with E-state index in [1.807, 2.05) is 35.2 Å². The Bertz CT molecular complexity index is 1140. The maximum atomic E-state index is 12.4. The molecule has 5 nitrogen and oxygen atoms in total. The Morgan fingerprint density at radius 1 is 0.684 bits per heavy atom. The third-order valence-corrected chi connectivity index (χ3v) is 5.08. The van der Waals surface area contributed by atoms with Gasteiger partial charge in [0.15, 0.2) is 18.9 Å². The van der Waals surface area contributed by atoms with Gasteiger partial charge in [-0.3, -0.25) is 9.59 Å². The number of nitrogens with one attached hydrogen (secondary N) is 2. The van der Waals surface area contributed by atoms with E-state index in [-0.39, 0.29) is 41.6 Å². The first-order chi connectivity index (χ1) is 17.4. The van der Waals surface area contributed by atoms with Crippen molar-refractivity contribution >= 4 is 39.1 Å². The smallest absolute Gasteiger partial charge is 0.416 e. The number of benzene rings is 2. The summed E-state index contributed by atoms with van der Waals surface area (Å²) in [6.07, 6.45) is -4.52. The van der Waals surface area contributed by atoms with Crippen molar-refractivity contribution in [3.8, 4) is 0 Å². The van der Waals surface area contributed by atoms with Crippen LogP contribution in [0.1, 0.15) is 24.0 Å². The van der Waals surface area contributed by atoms with E-state index < -0.39 is 23.5 Å². The van der Waals surface area contributed by atoms with Gasteiger partial charge in [0, 0.05) is 35.3 Å². The lowest BCUT2D eigenvalue weighted by Crippen LogP contribution is -3.00. The van der Waals surface area contributed by atoms with Crippen LogP contribution >= 0.6 is 15.9 Å². The highest BCUT2D eigenvalue weighted by Gasteiger charge is 2.30. The number of hydrogen-bond donors (Lipinski definition) is 2. The lowest BCUT2D eigenvalue weighted by molar-refractivity contribution is -0.695. The fourth-order valence-corrected chi connectivity index (χ4v) is 3.19. The average molecular weight is 671 g/mol. The molecule has 0 spiro atoms. The monoisotopic (exact) mass is 669 g/mol. The van der Waals surface area contributed by atoms with Crippen molar-refractivity contribution in [2.45, 2.75) is 31.7 Å². The van der Waals surface area contributed by atoms with Gasteiger partial charge >= 0.3 is 12.4 Å². The number of carbonyl (C=O) groups excluding carboxylic acids is 2. The summed E-state index contributed by atoms with van der Waals surface area (Å²) in [6, 6.07) is 14.3. The number of pyridine rings is 1. The van der Waals surface area contributed by atoms with E-state index in [2.05, 4.69) is 26.6 Å². The highest BCUT2D eigenvalue weighted by atomic mass is 79.9. The summed E-state index contributed by atoms with van der Waals surface area (Å²) in [5, 5.41) is 5.57. The van der Waals surface area contributed by atoms with Gasteiger partial charge in [-0.25, -0.2) is 4.57 Å². The van der Waals surface area contributed by atoms with Gasteiger partial charge < -0.3 is 27.6 Å². The van der Waals surface area contributed by atoms with E-state index >= 15 is 0 Å². The predicted molar refractivity (Wildman–Crippen MR) is 130 cm³/mol. The van der Waals surface area contributed by atoms with Gasteiger partial charge in [0.1, 0.15) is 0 Å². The topological polar surface area (TPSA) is 62.1 Å². The Labute approximate surface area is 234 Å². The normalized spacial score (nSPS) is 10.9. The fourth-order valence-electron chi connectivity index (χ4n) is 2.83. The molecule has 0 bridgehead atoms. The molecular formula is C25H23Br2F6N3O2. The van der Waals surface area contributed by atoms with E-state index in [4.69, 9.17) is 0 Å². The summed E-state index contributed by atoms with van der Waals surface area (Å²) in [4.78, 5) is 22.9. The van der Waals surface area contributed by atoms with Crippen molar-refractivity contribution in [2.75, 3.05) is 16.0 Å². The van der Waals surface area contributed by atoms with Crippen LogP contribution in [-0.2, 0) is 28.5 Å². The molecule has 2 aromatic carbocycles. The second-order valence-electron chi connectivity index (χ2n) is 7.55. The number of halogens is 8. The van der Waals surface area contributed by atoms with Crippen LogP contribution < -0.4 is 32.2 Å². The summed E-state index contributed by atoms with van der Waals surface area (Å²) in [6.45, 7) is 0.507. The molecule has 38 heavy (non-hydrogen) atoms. The second kappa shape index (κ2) is 15.5. The van der Waals surface area contributed by atoms with E-state index in [0.29, 0.717) is 23.2 Å². The van der Waals surface area contributed by atoms with Crippen molar-refractivity contribution in [3.05, 3.63) is 90.3 Å². The van der Waals surface area contributed by atoms with Crippen LogP contribution in [0.5, 0.6) is 0 Å². The van der Waals surface area contributed by atoms with Crippen LogP contribution in [0.4, 0.5) is 37.7 Å². The van der Waals surface area contributed by atoms with Crippen LogP contribution in [0.25, 0.3) is 0 Å². The van der Waals surface area contributed by atoms with Gasteiger partial charge in [0.05, 0.1) is 17.5 Å². The Balaban J connectivity index is 0.000000384. The molecule has 0 aliphatic rings. The summed E-state index contributed by atoms with van der Waals surface area (Å²) < 4.78 is 75.7. The molecule has 0 saturated heterocycles. The number of aryl methyl sites for hydroxylation is 1. The number of anilines is 2. The minimum atomic E-state index is -4.37. The van der Waals surface area contributed by atoms with E-state index in [1.54, 1.807) is 0 Å². The number of rotatable bonds is 7. The fraction of sp³-hybridized carbons (Fsp3) is 0.240. The molecule has 0 aliphatic heterocycles. The molecule has 3 rings (SSSR count). The highest BCUT2D eigenvalue weighted by molar-refractivity contribution is 9.09. The summed E-state index contributed by atoms with van der Waals surface area (Å²) >= 11 is 3.09. The molecule has 0 fully saturated rings. The number of hydrogen-bond acceptors (Lipinski definition) is 2. The molecule has 0 unspecified atom stereocenters. The standard InChI is InChI=1S/C15H13F3N2O.C10H9BrF3NO.BrH/c16-15(17,18)12-4-6-13(7-5-12)19-14(21)8-11-20-9-2-1-3-10-20;11-6-5-9(16)15-8-3-1-7(2-4-8)10(12,13)14;/h1-7,9-10H,8,11H2;1-4H,5-6H2,(H,15,16);1H. The van der Waals surface area contributed by atoms with Crippen LogP contribution in [0.15, 0.2) is 79.1 Å². The van der Waals surface area contributed by atoms with E-state index in [0.717, 1.165) is 24.3 Å². The largest absolute Gasteiger partial charge is 1.00 e. The minimum absolute atomic E-state index is 0. The Hall–Kier alpha value is -2.93. The molecular weight excluding hydrogens is 648 g/mol. The molecule has 0 atom stereocenters. The number of amides is 2. The summed E-state index contributed by atoms with van der Waals surface area (Å²) in [5.74, 6) is -0.484. The first-order valence-electron chi connectivity index (χ1n) is 10.8. The summed E-state index contributed by atoms with van der Waals surface area (Å²) in [5.41, 5.74) is -0.753. The molecule has 1 heterocycles. The van der Waals surface area contributed by atoms with Crippen LogP contribution in [-0.4, -0.2) is 17.1 Å². The maximum absolute atomic E-state index is 12.4. The van der Waals surface area contributed by atoms with Gasteiger partial charge in [-0.1, -0.05) is 22.0 Å². The van der Waals surface area contributed by atoms with Crippen LogP contribution in [0.2, 0.25) is 0 Å². The lowest BCUT2D eigenvalue weighted by Gasteiger charge is -2.08. The first-order valence-corrected chi connectivity index (χ1v) is 11.9. The third-order valence-electron chi connectivity index (χ3n) is 4.69. The van der Waals surface area contributed by atoms with Crippen molar-refractivity contribution in [1.82, 2.24) is 0 Å². The zero-order valence-electron chi connectivity index (χ0n) is 19.6. The highest BCUT2D eigenvalue weighted by Crippen LogP contribution is 2.30. The third kappa shape index (κ3) is 12.1. The zero-order valence-corrected chi connectivity index (χ0v) is 22.8. The maximum Gasteiger partial charge on any atom is 0.416 e. The molecule has 0 radical (unpaired) electrons. The van der Waals surface area contributed by atoms with Crippen molar-refractivity contribution in [3.63, 3.8) is 0 Å². The lowest BCUT2D eigenvalue weighted by atomic mass is 10.2. The molecule has 13 heteroatoms. The molecule has 206 valence electrons. The quantitative estimate of drug-likeness (QED) is 0.230. The molecule has 0 aliphatic carbocycles. The van der Waals surface area contributed by atoms with Gasteiger partial charge in [-0.15, -0.1) is 0 Å². The van der Waals surface area contributed by atoms with Crippen molar-refractivity contribution in [2.24, 2.45) is 0 Å². The minimum Gasteiger partial charge on any atom is -1.00 e. The molecule has 2 amide bonds. The molecule has 0 saturated carbocycles. The Morgan fingerprint density at radius 2 is 1.08 bits per heavy atom. The first kappa shape index (κ1) is 33.1. The van der Waals surface area contributed by atoms with Crippen LogP contribution in [0.3, 0.4) is 0 Å². The van der Waals surface area contributed by atoms with Crippen LogP contribution in [0, 0.1) is 0 Å². The Kier molecular flexibility index (Phi) is 13.5. The van der Waals surface area contributed by atoms with Gasteiger partial charge in [0.2, 0.25) is 11.8 Å². The average Bonchev–Trinajstić information content (AvgIpc) is 2.83. The Morgan fingerprint density at radius 3 is 1.45 bits per heavy atom. The molecule has 1 aromatic heterocycles. The van der Waals surface area contributed by atoms with Gasteiger partial charge in [0.25, 0.3) is 0 Å². The number of aromatic nitrogens is 1. The second-order valence-corrected chi connectivity index (χ2v) is 8.34. The molecule has 2 N–H and O–H groups in total. The summed E-state index contributed by atoms with van der Waals surface area (Å²) in [7, 11) is 0. The number of alkyl halides is 7. The van der Waals surface area contributed by atoms with Crippen molar-refractivity contribution in [1.29, 1.82) is 0 Å². The predicted octanol–water partition coefficient (Wildman–Crippen LogP) is 3.45. The van der Waals surface area contributed by atoms with Gasteiger partial charge in [-0.05, 0) is 48.5 Å². The van der Waals surface area contributed by atoms with E-state index in [9.17, 15) is 35.9 Å². The molecule has 3 aromatic rings. The van der Waals surface area contributed by atoms with Crippen molar-refractivity contribution < 1.29 is 57.5 Å². The SMILES string of the molecule is O=C(CCBr)Nc1ccc(C(F)(F)F)cc1.O=C(CC[n+]1ccccc1)Nc1ccc(C(F)(F)F)cc1.[Br-]. The van der Waals surface area contributed by atoms with Gasteiger partial charge in [-0.2, -0.15) is 26.3 Å². The number of nitrogens with zero attached hydrogens (tertiary/aromatic N) is 1.